The van der Waals surface area contributed by atoms with Crippen molar-refractivity contribution in [1.29, 1.82) is 0 Å². The number of rotatable bonds is 0. The minimum atomic E-state index is -0.289. The van der Waals surface area contributed by atoms with Crippen molar-refractivity contribution in [2.45, 2.75) is 31.8 Å². The van der Waals surface area contributed by atoms with E-state index in [1.807, 2.05) is 12.1 Å². The Morgan fingerprint density at radius 2 is 1.89 bits per heavy atom. The highest BCUT2D eigenvalue weighted by Gasteiger charge is 2.48. The molecule has 140 valence electrons. The molecule has 0 spiro atoms. The molecular formula is C20H21BrN4O2. The molecule has 4 heterocycles. The van der Waals surface area contributed by atoms with E-state index in [1.54, 1.807) is 11.6 Å². The minimum Gasteiger partial charge on any atom is -0.376 e. The monoisotopic (exact) mass is 428 g/mol. The maximum absolute atomic E-state index is 12.6. The van der Waals surface area contributed by atoms with E-state index < -0.39 is 0 Å². The quantitative estimate of drug-likeness (QED) is 0.598. The van der Waals surface area contributed by atoms with Crippen molar-refractivity contribution in [3.63, 3.8) is 0 Å². The molecule has 2 atom stereocenters. The van der Waals surface area contributed by atoms with Gasteiger partial charge in [-0.3, -0.25) is 13.9 Å². The maximum atomic E-state index is 12.6. The number of aromatic nitrogens is 3. The first kappa shape index (κ1) is 16.9. The summed E-state index contributed by atoms with van der Waals surface area (Å²) in [6, 6.07) is 8.43. The summed E-state index contributed by atoms with van der Waals surface area (Å²) in [6.07, 6.45) is 0. The molecule has 0 saturated carbocycles. The number of hydrogen-bond donors (Lipinski definition) is 1. The van der Waals surface area contributed by atoms with Crippen LogP contribution in [0.25, 0.3) is 11.0 Å². The first-order valence-electron chi connectivity index (χ1n) is 9.07. The van der Waals surface area contributed by atoms with Crippen LogP contribution in [0.1, 0.15) is 31.1 Å². The molecule has 27 heavy (non-hydrogen) atoms. The van der Waals surface area contributed by atoms with E-state index in [1.165, 1.54) is 17.2 Å². The summed E-state index contributed by atoms with van der Waals surface area (Å²) in [5.74, 6) is 0.331. The van der Waals surface area contributed by atoms with E-state index in [4.69, 9.17) is 0 Å². The first-order valence-corrected chi connectivity index (χ1v) is 9.87. The second kappa shape index (κ2) is 5.16. The van der Waals surface area contributed by atoms with Crippen molar-refractivity contribution in [3.8, 4) is 0 Å². The van der Waals surface area contributed by atoms with Crippen LogP contribution < -0.4 is 16.6 Å². The number of hydrogen-bond acceptors (Lipinski definition) is 3. The van der Waals surface area contributed by atoms with Gasteiger partial charge in [-0.15, -0.1) is 0 Å². The molecule has 2 aliphatic rings. The predicted octanol–water partition coefficient (Wildman–Crippen LogP) is 2.88. The van der Waals surface area contributed by atoms with Crippen LogP contribution in [-0.2, 0) is 26.1 Å². The molecule has 5 rings (SSSR count). The van der Waals surface area contributed by atoms with E-state index in [-0.39, 0.29) is 22.7 Å². The lowest BCUT2D eigenvalue weighted by Crippen LogP contribution is -2.40. The van der Waals surface area contributed by atoms with Gasteiger partial charge in [-0.2, -0.15) is 0 Å². The Bertz CT molecular complexity index is 1250. The fourth-order valence-corrected chi connectivity index (χ4v) is 5.34. The van der Waals surface area contributed by atoms with Crippen LogP contribution in [0.3, 0.4) is 0 Å². The molecule has 0 saturated heterocycles. The number of fused-ring (bicyclic) bond motifs is 6. The minimum absolute atomic E-state index is 0.0427. The molecular weight excluding hydrogens is 408 g/mol. The van der Waals surface area contributed by atoms with E-state index in [0.29, 0.717) is 11.3 Å². The molecule has 1 aromatic carbocycles. The lowest BCUT2D eigenvalue weighted by Gasteiger charge is -2.42. The number of halogens is 1. The second-order valence-corrected chi connectivity index (χ2v) is 9.18. The Hall–Kier alpha value is -2.28. The van der Waals surface area contributed by atoms with Crippen LogP contribution in [-0.4, -0.2) is 13.7 Å². The van der Waals surface area contributed by atoms with Crippen molar-refractivity contribution >= 4 is 32.7 Å². The molecule has 0 fully saturated rings. The second-order valence-electron chi connectivity index (χ2n) is 8.26. The fourth-order valence-electron chi connectivity index (χ4n) is 4.98. The van der Waals surface area contributed by atoms with Crippen molar-refractivity contribution in [2.24, 2.45) is 20.0 Å². The van der Waals surface area contributed by atoms with Gasteiger partial charge in [-0.25, -0.2) is 4.79 Å². The summed E-state index contributed by atoms with van der Waals surface area (Å²) in [7, 11) is 3.27. The zero-order valence-electron chi connectivity index (χ0n) is 15.7. The summed E-state index contributed by atoms with van der Waals surface area (Å²) in [5.41, 5.74) is 3.65. The van der Waals surface area contributed by atoms with Crippen LogP contribution in [0, 0.1) is 5.92 Å². The van der Waals surface area contributed by atoms with Crippen molar-refractivity contribution in [1.82, 2.24) is 13.7 Å². The van der Waals surface area contributed by atoms with Crippen molar-refractivity contribution in [3.05, 3.63) is 60.8 Å². The molecule has 0 radical (unpaired) electrons. The Balaban J connectivity index is 1.77. The normalized spacial score (nSPS) is 22.3. The van der Waals surface area contributed by atoms with Gasteiger partial charge in [0.05, 0.1) is 11.4 Å². The van der Waals surface area contributed by atoms with Gasteiger partial charge in [0.2, 0.25) is 0 Å². The van der Waals surface area contributed by atoms with E-state index >= 15 is 0 Å². The third kappa shape index (κ3) is 2.00. The summed E-state index contributed by atoms with van der Waals surface area (Å²) in [5, 5.41) is 4.29. The van der Waals surface area contributed by atoms with Crippen LogP contribution in [0.15, 0.2) is 38.3 Å². The molecule has 0 amide bonds. The number of anilines is 1. The summed E-state index contributed by atoms with van der Waals surface area (Å²) >= 11 is 3.59. The van der Waals surface area contributed by atoms with Gasteiger partial charge in [-0.05, 0) is 35.2 Å². The lowest BCUT2D eigenvalue weighted by molar-refractivity contribution is 0.274. The number of nitrogens with one attached hydrogen (secondary N) is 1. The van der Waals surface area contributed by atoms with Crippen LogP contribution >= 0.6 is 15.9 Å². The zero-order valence-corrected chi connectivity index (χ0v) is 17.3. The third-order valence-electron chi connectivity index (χ3n) is 6.54. The van der Waals surface area contributed by atoms with Crippen LogP contribution in [0.5, 0.6) is 0 Å². The molecule has 3 aromatic rings. The van der Waals surface area contributed by atoms with Crippen LogP contribution in [0.4, 0.5) is 5.69 Å². The molecule has 0 aliphatic carbocycles. The molecule has 2 aliphatic heterocycles. The lowest BCUT2D eigenvalue weighted by atomic mass is 9.67. The molecule has 7 heteroatoms. The molecule has 6 nitrogen and oxygen atoms in total. The van der Waals surface area contributed by atoms with Gasteiger partial charge in [-0.1, -0.05) is 29.8 Å². The Labute approximate surface area is 164 Å². The topological polar surface area (TPSA) is 61.0 Å². The van der Waals surface area contributed by atoms with Crippen molar-refractivity contribution in [2.75, 3.05) is 5.32 Å². The fraction of sp³-hybridized carbons (Fsp3) is 0.400. The average Bonchev–Trinajstić information content (AvgIpc) is 3.16. The standard InChI is InChI=1S/C20H21BrN4O2/c1-20(2)12-7-10(21)5-6-14(12)22-16-13(20)9-25-15(16)8-11-17(25)23(3)19(27)24(4)18(11)26/h5-8,13,16,22H,9H2,1-4H3/t13-,16-/m1/s1. The molecule has 1 N–H and O–H groups in total. The Kier molecular flexibility index (Phi) is 3.22. The SMILES string of the molecule is Cn1c(=O)c2cc3n(c2n(C)c1=O)C[C@@H]1[C@H]3Nc2ccc(Br)cc2C1(C)C. The predicted molar refractivity (Wildman–Crippen MR) is 109 cm³/mol. The zero-order chi connectivity index (χ0) is 19.2. The van der Waals surface area contributed by atoms with Gasteiger partial charge in [0.1, 0.15) is 5.65 Å². The molecule has 0 unspecified atom stereocenters. The number of aryl methyl sites for hydroxylation is 1. The highest BCUT2D eigenvalue weighted by molar-refractivity contribution is 9.10. The summed E-state index contributed by atoms with van der Waals surface area (Å²) in [6.45, 7) is 5.34. The van der Waals surface area contributed by atoms with Gasteiger partial charge in [0.15, 0.2) is 0 Å². The van der Waals surface area contributed by atoms with Gasteiger partial charge in [0, 0.05) is 42.4 Å². The summed E-state index contributed by atoms with van der Waals surface area (Å²) < 4.78 is 6.00. The average molecular weight is 429 g/mol. The highest BCUT2D eigenvalue weighted by Crippen LogP contribution is 2.53. The first-order chi connectivity index (χ1) is 12.7. The smallest absolute Gasteiger partial charge is 0.332 e. The molecule has 2 aromatic heterocycles. The highest BCUT2D eigenvalue weighted by atomic mass is 79.9. The van der Waals surface area contributed by atoms with Gasteiger partial charge < -0.3 is 9.88 Å². The summed E-state index contributed by atoms with van der Waals surface area (Å²) in [4.78, 5) is 25.1. The maximum Gasteiger partial charge on any atom is 0.332 e. The van der Waals surface area contributed by atoms with E-state index in [9.17, 15) is 9.59 Å². The van der Waals surface area contributed by atoms with E-state index in [0.717, 1.165) is 28.0 Å². The third-order valence-corrected chi connectivity index (χ3v) is 7.03. The van der Waals surface area contributed by atoms with E-state index in [2.05, 4.69) is 51.8 Å². The van der Waals surface area contributed by atoms with Gasteiger partial charge in [0.25, 0.3) is 5.56 Å². The Morgan fingerprint density at radius 3 is 2.63 bits per heavy atom. The largest absolute Gasteiger partial charge is 0.376 e. The number of nitrogens with zero attached hydrogens (tertiary/aromatic N) is 3. The van der Waals surface area contributed by atoms with Gasteiger partial charge >= 0.3 is 5.69 Å². The van der Waals surface area contributed by atoms with Crippen molar-refractivity contribution < 1.29 is 0 Å². The molecule has 0 bridgehead atoms. The van der Waals surface area contributed by atoms with Crippen LogP contribution in [0.2, 0.25) is 0 Å². The Morgan fingerprint density at radius 1 is 1.15 bits per heavy atom. The number of benzene rings is 1.